The molecule has 1 aliphatic heterocycles. The largest absolute Gasteiger partial charge is 0.355 e. The van der Waals surface area contributed by atoms with Crippen LogP contribution in [-0.2, 0) is 20.0 Å². The van der Waals surface area contributed by atoms with Gasteiger partial charge in [0.25, 0.3) is 0 Å². The number of hydrogen-bond donors (Lipinski definition) is 1. The Morgan fingerprint density at radius 3 is 2.50 bits per heavy atom. The molecule has 1 aromatic heterocycles. The molecule has 0 bridgehead atoms. The zero-order valence-electron chi connectivity index (χ0n) is 13.7. The van der Waals surface area contributed by atoms with Gasteiger partial charge >= 0.3 is 0 Å². The lowest BCUT2D eigenvalue weighted by Crippen LogP contribution is -2.26. The zero-order chi connectivity index (χ0) is 16.8. The van der Waals surface area contributed by atoms with Crippen molar-refractivity contribution in [2.24, 2.45) is 7.05 Å². The molecule has 1 N–H and O–H groups in total. The minimum atomic E-state index is -0.847. The number of fused-ring (bicyclic) bond motifs is 3. The lowest BCUT2D eigenvalue weighted by Gasteiger charge is -2.23. The van der Waals surface area contributed by atoms with Crippen LogP contribution in [0.5, 0.6) is 0 Å². The second kappa shape index (κ2) is 5.60. The lowest BCUT2D eigenvalue weighted by atomic mass is 10.0. The average molecular weight is 327 g/mol. The van der Waals surface area contributed by atoms with Crippen molar-refractivity contribution in [1.82, 2.24) is 9.47 Å². The molecule has 3 aromatic rings. The number of halogens is 2. The van der Waals surface area contributed by atoms with Crippen molar-refractivity contribution >= 4 is 22.3 Å². The summed E-state index contributed by atoms with van der Waals surface area (Å²) in [4.78, 5) is 2.32. The molecule has 0 spiro atoms. The number of likely N-dealkylation sites (N-methyl/N-ethyl adjacent to an activating group) is 1. The monoisotopic (exact) mass is 327 g/mol. The first-order valence-corrected chi connectivity index (χ1v) is 8.04. The molecule has 1 aliphatic rings. The molecule has 0 fully saturated rings. The van der Waals surface area contributed by atoms with E-state index in [4.69, 9.17) is 0 Å². The van der Waals surface area contributed by atoms with E-state index >= 15 is 0 Å². The Morgan fingerprint density at radius 2 is 1.71 bits per heavy atom. The van der Waals surface area contributed by atoms with Crippen molar-refractivity contribution < 1.29 is 8.78 Å². The summed E-state index contributed by atoms with van der Waals surface area (Å²) in [6, 6.07) is 9.99. The van der Waals surface area contributed by atoms with Gasteiger partial charge in [-0.2, -0.15) is 0 Å². The first-order chi connectivity index (χ1) is 11.5. The van der Waals surface area contributed by atoms with Crippen LogP contribution in [0.3, 0.4) is 0 Å². The second-order valence-electron chi connectivity index (χ2n) is 6.46. The molecule has 0 atom stereocenters. The number of nitrogens with zero attached hydrogens (tertiary/aromatic N) is 2. The molecule has 124 valence electrons. The summed E-state index contributed by atoms with van der Waals surface area (Å²) in [5, 5.41) is 4.38. The van der Waals surface area contributed by atoms with Crippen molar-refractivity contribution in [3.05, 3.63) is 59.3 Å². The first-order valence-electron chi connectivity index (χ1n) is 8.04. The number of nitrogens with one attached hydrogen (secondary N) is 1. The Morgan fingerprint density at radius 1 is 0.958 bits per heavy atom. The highest BCUT2D eigenvalue weighted by molar-refractivity contribution is 5.89. The predicted octanol–water partition coefficient (Wildman–Crippen LogP) is 4.19. The van der Waals surface area contributed by atoms with E-state index in [1.165, 1.54) is 34.3 Å². The van der Waals surface area contributed by atoms with Gasteiger partial charge in [0.15, 0.2) is 11.6 Å². The number of rotatable bonds is 2. The predicted molar refractivity (Wildman–Crippen MR) is 92.6 cm³/mol. The SMILES string of the molecule is CN1CCc2c(c3cc(Nc4ccc(F)c(F)c4)ccc3n2C)C1. The van der Waals surface area contributed by atoms with Crippen LogP contribution in [0.15, 0.2) is 36.4 Å². The summed E-state index contributed by atoms with van der Waals surface area (Å²) in [5.41, 5.74) is 5.35. The van der Waals surface area contributed by atoms with Crippen LogP contribution in [0.25, 0.3) is 10.9 Å². The van der Waals surface area contributed by atoms with Crippen LogP contribution < -0.4 is 5.32 Å². The molecule has 0 unspecified atom stereocenters. The molecule has 0 saturated carbocycles. The molecule has 5 heteroatoms. The van der Waals surface area contributed by atoms with Gasteiger partial charge in [0, 0.05) is 60.6 Å². The molecule has 0 radical (unpaired) electrons. The third-order valence-electron chi connectivity index (χ3n) is 4.80. The van der Waals surface area contributed by atoms with Crippen molar-refractivity contribution in [3.63, 3.8) is 0 Å². The Labute approximate surface area is 139 Å². The van der Waals surface area contributed by atoms with E-state index in [1.807, 2.05) is 6.07 Å². The van der Waals surface area contributed by atoms with Crippen molar-refractivity contribution in [3.8, 4) is 0 Å². The van der Waals surface area contributed by atoms with Crippen molar-refractivity contribution in [2.45, 2.75) is 13.0 Å². The van der Waals surface area contributed by atoms with Crippen LogP contribution in [0.4, 0.5) is 20.2 Å². The van der Waals surface area contributed by atoms with E-state index in [0.717, 1.165) is 31.3 Å². The highest BCUT2D eigenvalue weighted by Gasteiger charge is 2.21. The third kappa shape index (κ3) is 2.45. The highest BCUT2D eigenvalue weighted by Crippen LogP contribution is 2.32. The molecule has 0 amide bonds. The molecule has 0 saturated heterocycles. The lowest BCUT2D eigenvalue weighted by molar-refractivity contribution is 0.310. The summed E-state index contributed by atoms with van der Waals surface area (Å²) in [5.74, 6) is -1.68. The Balaban J connectivity index is 1.75. The van der Waals surface area contributed by atoms with E-state index in [2.05, 4.69) is 41.0 Å². The van der Waals surface area contributed by atoms with Gasteiger partial charge in [0.1, 0.15) is 0 Å². The van der Waals surface area contributed by atoms with E-state index in [0.29, 0.717) is 5.69 Å². The molecule has 0 aliphatic carbocycles. The van der Waals surface area contributed by atoms with Crippen LogP contribution in [-0.4, -0.2) is 23.1 Å². The number of aromatic nitrogens is 1. The number of anilines is 2. The van der Waals surface area contributed by atoms with Gasteiger partial charge in [-0.3, -0.25) is 0 Å². The Bertz CT molecular complexity index is 930. The van der Waals surface area contributed by atoms with Gasteiger partial charge < -0.3 is 14.8 Å². The molecule has 24 heavy (non-hydrogen) atoms. The minimum Gasteiger partial charge on any atom is -0.355 e. The summed E-state index contributed by atoms with van der Waals surface area (Å²) in [6.07, 6.45) is 1.04. The number of hydrogen-bond acceptors (Lipinski definition) is 2. The van der Waals surface area contributed by atoms with E-state index in [1.54, 1.807) is 0 Å². The Hall–Kier alpha value is -2.40. The fourth-order valence-corrected chi connectivity index (χ4v) is 3.53. The van der Waals surface area contributed by atoms with Crippen LogP contribution in [0, 0.1) is 11.6 Å². The number of aryl methyl sites for hydroxylation is 1. The maximum atomic E-state index is 13.4. The maximum Gasteiger partial charge on any atom is 0.160 e. The summed E-state index contributed by atoms with van der Waals surface area (Å²) < 4.78 is 28.7. The topological polar surface area (TPSA) is 20.2 Å². The minimum absolute atomic E-state index is 0.537. The Kier molecular flexibility index (Phi) is 3.53. The van der Waals surface area contributed by atoms with Gasteiger partial charge in [-0.25, -0.2) is 8.78 Å². The van der Waals surface area contributed by atoms with Crippen molar-refractivity contribution in [1.29, 1.82) is 0 Å². The van der Waals surface area contributed by atoms with Gasteiger partial charge in [-0.15, -0.1) is 0 Å². The zero-order valence-corrected chi connectivity index (χ0v) is 13.7. The molecule has 3 nitrogen and oxygen atoms in total. The van der Waals surface area contributed by atoms with Gasteiger partial charge in [0.05, 0.1) is 0 Å². The van der Waals surface area contributed by atoms with Gasteiger partial charge in [0.2, 0.25) is 0 Å². The van der Waals surface area contributed by atoms with Crippen LogP contribution >= 0.6 is 0 Å². The van der Waals surface area contributed by atoms with Crippen molar-refractivity contribution in [2.75, 3.05) is 18.9 Å². The average Bonchev–Trinajstić information content (AvgIpc) is 2.83. The molecular formula is C19H19F2N3. The first kappa shape index (κ1) is 15.1. The van der Waals surface area contributed by atoms with Crippen LogP contribution in [0.2, 0.25) is 0 Å². The molecule has 2 heterocycles. The summed E-state index contributed by atoms with van der Waals surface area (Å²) in [6.45, 7) is 2.00. The normalized spacial score (nSPS) is 14.8. The van der Waals surface area contributed by atoms with Crippen LogP contribution in [0.1, 0.15) is 11.3 Å². The summed E-state index contributed by atoms with van der Waals surface area (Å²) in [7, 11) is 4.24. The highest BCUT2D eigenvalue weighted by atomic mass is 19.2. The van der Waals surface area contributed by atoms with E-state index in [-0.39, 0.29) is 0 Å². The second-order valence-corrected chi connectivity index (χ2v) is 6.46. The third-order valence-corrected chi connectivity index (χ3v) is 4.80. The van der Waals surface area contributed by atoms with Gasteiger partial charge in [-0.05, 0) is 42.9 Å². The molecular weight excluding hydrogens is 308 g/mol. The quantitative estimate of drug-likeness (QED) is 0.762. The number of benzene rings is 2. The maximum absolute atomic E-state index is 13.4. The molecule has 4 rings (SSSR count). The van der Waals surface area contributed by atoms with Gasteiger partial charge in [-0.1, -0.05) is 0 Å². The fraction of sp³-hybridized carbons (Fsp3) is 0.263. The van der Waals surface area contributed by atoms with E-state index < -0.39 is 11.6 Å². The summed E-state index contributed by atoms with van der Waals surface area (Å²) >= 11 is 0. The van der Waals surface area contributed by atoms with E-state index in [9.17, 15) is 8.78 Å². The standard InChI is InChI=1S/C19H19F2N3/c1-23-8-7-19-15(11-23)14-9-12(4-6-18(14)24(19)2)22-13-3-5-16(20)17(21)10-13/h3-6,9-10,22H,7-8,11H2,1-2H3. The molecule has 2 aromatic carbocycles. The fourth-order valence-electron chi connectivity index (χ4n) is 3.53. The smallest absolute Gasteiger partial charge is 0.160 e.